The number of halogens is 1. The normalized spacial score (nSPS) is 12.7. The van der Waals surface area contributed by atoms with E-state index in [1.54, 1.807) is 14.0 Å². The van der Waals surface area contributed by atoms with Crippen LogP contribution in [0.5, 0.6) is 0 Å². The molecule has 1 aromatic rings. The first kappa shape index (κ1) is 21.8. The van der Waals surface area contributed by atoms with Gasteiger partial charge in [0.25, 0.3) is 0 Å². The summed E-state index contributed by atoms with van der Waals surface area (Å²) in [5, 5.41) is 3.98. The standard InChI is InChI=1S/C16H30ClN5O2S/c1-6-18-16(19-9-8-10-22(5)25(23,24)7-2)21(4)13-15-11-14(17)12-20(15)3/h11-12H,6-10,13H2,1-5H3,(H,18,19). The first-order valence-electron chi connectivity index (χ1n) is 8.45. The molecule has 0 bridgehead atoms. The highest BCUT2D eigenvalue weighted by atomic mass is 35.5. The Morgan fingerprint density at radius 1 is 1.36 bits per heavy atom. The lowest BCUT2D eigenvalue weighted by atomic mass is 10.4. The van der Waals surface area contributed by atoms with E-state index in [9.17, 15) is 8.42 Å². The Morgan fingerprint density at radius 2 is 2.04 bits per heavy atom. The quantitative estimate of drug-likeness (QED) is 0.395. The first-order valence-corrected chi connectivity index (χ1v) is 10.4. The lowest BCUT2D eigenvalue weighted by molar-refractivity contribution is 0.453. The summed E-state index contributed by atoms with van der Waals surface area (Å²) in [6, 6.07) is 1.94. The summed E-state index contributed by atoms with van der Waals surface area (Å²) in [6.45, 7) is 6.14. The third-order valence-corrected chi connectivity index (χ3v) is 5.97. The molecule has 9 heteroatoms. The van der Waals surface area contributed by atoms with E-state index in [4.69, 9.17) is 11.6 Å². The monoisotopic (exact) mass is 391 g/mol. The second-order valence-corrected chi connectivity index (χ2v) is 8.73. The van der Waals surface area contributed by atoms with Crippen LogP contribution >= 0.6 is 11.6 Å². The van der Waals surface area contributed by atoms with Crippen LogP contribution in [-0.2, 0) is 23.6 Å². The van der Waals surface area contributed by atoms with Gasteiger partial charge < -0.3 is 14.8 Å². The Hall–Kier alpha value is -1.25. The van der Waals surface area contributed by atoms with Crippen LogP contribution in [0.15, 0.2) is 17.3 Å². The van der Waals surface area contributed by atoms with Gasteiger partial charge in [0.15, 0.2) is 5.96 Å². The van der Waals surface area contributed by atoms with Gasteiger partial charge in [-0.05, 0) is 26.3 Å². The van der Waals surface area contributed by atoms with Crippen LogP contribution in [0.4, 0.5) is 0 Å². The van der Waals surface area contributed by atoms with E-state index in [0.717, 1.165) is 18.2 Å². The van der Waals surface area contributed by atoms with Gasteiger partial charge in [0.05, 0.1) is 17.3 Å². The second-order valence-electron chi connectivity index (χ2n) is 5.93. The number of aryl methyl sites for hydroxylation is 1. The highest BCUT2D eigenvalue weighted by Gasteiger charge is 2.14. The van der Waals surface area contributed by atoms with Crippen molar-refractivity contribution < 1.29 is 8.42 Å². The van der Waals surface area contributed by atoms with Crippen LogP contribution in [0, 0.1) is 0 Å². The number of hydrogen-bond acceptors (Lipinski definition) is 3. The minimum atomic E-state index is -3.13. The molecule has 0 saturated heterocycles. The summed E-state index contributed by atoms with van der Waals surface area (Å²) in [5.74, 6) is 0.915. The van der Waals surface area contributed by atoms with Gasteiger partial charge in [0.1, 0.15) is 0 Å². The Labute approximate surface area is 156 Å². The molecular weight excluding hydrogens is 362 g/mol. The molecule has 0 atom stereocenters. The summed E-state index contributed by atoms with van der Waals surface area (Å²) >= 11 is 6.03. The molecule has 0 spiro atoms. The van der Waals surface area contributed by atoms with Gasteiger partial charge in [0.2, 0.25) is 10.0 Å². The lowest BCUT2D eigenvalue weighted by Gasteiger charge is -2.22. The van der Waals surface area contributed by atoms with Gasteiger partial charge in [-0.25, -0.2) is 12.7 Å². The average Bonchev–Trinajstić information content (AvgIpc) is 2.87. The molecule has 0 saturated carbocycles. The number of guanidine groups is 1. The van der Waals surface area contributed by atoms with Crippen molar-refractivity contribution in [2.24, 2.45) is 12.0 Å². The third kappa shape index (κ3) is 6.87. The van der Waals surface area contributed by atoms with Crippen molar-refractivity contribution in [3.8, 4) is 0 Å². The Kier molecular flexibility index (Phi) is 8.75. The van der Waals surface area contributed by atoms with Crippen molar-refractivity contribution in [1.29, 1.82) is 0 Å². The van der Waals surface area contributed by atoms with Gasteiger partial charge in [-0.2, -0.15) is 0 Å². The maximum atomic E-state index is 11.7. The lowest BCUT2D eigenvalue weighted by Crippen LogP contribution is -2.39. The smallest absolute Gasteiger partial charge is 0.213 e. The van der Waals surface area contributed by atoms with E-state index in [1.165, 1.54) is 4.31 Å². The highest BCUT2D eigenvalue weighted by molar-refractivity contribution is 7.89. The van der Waals surface area contributed by atoms with E-state index < -0.39 is 10.0 Å². The molecule has 0 aromatic carbocycles. The topological polar surface area (TPSA) is 69.9 Å². The molecule has 144 valence electrons. The molecule has 0 radical (unpaired) electrons. The van der Waals surface area contributed by atoms with Gasteiger partial charge in [-0.15, -0.1) is 0 Å². The maximum Gasteiger partial charge on any atom is 0.213 e. The molecule has 7 nitrogen and oxygen atoms in total. The molecule has 0 aliphatic heterocycles. The van der Waals surface area contributed by atoms with Gasteiger partial charge in [-0.1, -0.05) is 11.6 Å². The zero-order valence-electron chi connectivity index (χ0n) is 15.8. The summed E-state index contributed by atoms with van der Waals surface area (Å²) in [7, 11) is 2.41. The zero-order valence-corrected chi connectivity index (χ0v) is 17.4. The molecule has 25 heavy (non-hydrogen) atoms. The number of aromatic nitrogens is 1. The predicted molar refractivity (Wildman–Crippen MR) is 105 cm³/mol. The number of sulfonamides is 1. The summed E-state index contributed by atoms with van der Waals surface area (Å²) in [5.41, 5.74) is 1.09. The van der Waals surface area contributed by atoms with Gasteiger partial charge in [-0.3, -0.25) is 4.99 Å². The Morgan fingerprint density at radius 3 is 2.56 bits per heavy atom. The fourth-order valence-electron chi connectivity index (χ4n) is 2.35. The van der Waals surface area contributed by atoms with Crippen molar-refractivity contribution in [1.82, 2.24) is 19.1 Å². The zero-order chi connectivity index (χ0) is 19.0. The minimum absolute atomic E-state index is 0.122. The van der Waals surface area contributed by atoms with Crippen LogP contribution < -0.4 is 5.32 Å². The van der Waals surface area contributed by atoms with Crippen LogP contribution in [0.25, 0.3) is 0 Å². The van der Waals surface area contributed by atoms with Crippen LogP contribution in [0.2, 0.25) is 5.02 Å². The predicted octanol–water partition coefficient (Wildman–Crippen LogP) is 1.75. The number of rotatable bonds is 9. The van der Waals surface area contributed by atoms with Crippen LogP contribution in [-0.4, -0.2) is 67.6 Å². The molecule has 0 aliphatic rings. The van der Waals surface area contributed by atoms with Crippen LogP contribution in [0.3, 0.4) is 0 Å². The molecule has 1 rings (SSSR count). The SMILES string of the molecule is CCNC(=NCCCN(C)S(=O)(=O)CC)N(C)Cc1cc(Cl)cn1C. The van der Waals surface area contributed by atoms with E-state index in [2.05, 4.69) is 10.3 Å². The van der Waals surface area contributed by atoms with Crippen molar-refractivity contribution in [2.75, 3.05) is 39.5 Å². The summed E-state index contributed by atoms with van der Waals surface area (Å²) < 4.78 is 26.9. The maximum absolute atomic E-state index is 11.7. The summed E-state index contributed by atoms with van der Waals surface area (Å²) in [4.78, 5) is 6.62. The first-order chi connectivity index (χ1) is 11.7. The Bertz CT molecular complexity index is 672. The molecule has 0 amide bonds. The molecule has 0 fully saturated rings. The third-order valence-electron chi connectivity index (χ3n) is 3.90. The van der Waals surface area contributed by atoms with E-state index in [1.807, 2.05) is 42.7 Å². The summed E-state index contributed by atoms with van der Waals surface area (Å²) in [6.07, 6.45) is 2.55. The largest absolute Gasteiger partial charge is 0.357 e. The van der Waals surface area contributed by atoms with Gasteiger partial charge in [0, 0.05) is 52.7 Å². The molecule has 1 heterocycles. The van der Waals surface area contributed by atoms with Crippen molar-refractivity contribution in [2.45, 2.75) is 26.8 Å². The number of hydrogen-bond donors (Lipinski definition) is 1. The molecule has 1 aromatic heterocycles. The fourth-order valence-corrected chi connectivity index (χ4v) is 3.47. The molecule has 0 unspecified atom stereocenters. The fraction of sp³-hybridized carbons (Fsp3) is 0.688. The molecule has 0 aliphatic carbocycles. The molecule has 1 N–H and O–H groups in total. The van der Waals surface area contributed by atoms with Crippen LogP contribution in [0.1, 0.15) is 26.0 Å². The minimum Gasteiger partial charge on any atom is -0.357 e. The highest BCUT2D eigenvalue weighted by Crippen LogP contribution is 2.14. The van der Waals surface area contributed by atoms with Gasteiger partial charge >= 0.3 is 0 Å². The number of nitrogens with one attached hydrogen (secondary N) is 1. The van der Waals surface area contributed by atoms with E-state index >= 15 is 0 Å². The van der Waals surface area contributed by atoms with Crippen molar-refractivity contribution >= 4 is 27.6 Å². The molecular formula is C16H30ClN5O2S. The van der Waals surface area contributed by atoms with Crippen molar-refractivity contribution in [3.63, 3.8) is 0 Å². The van der Waals surface area contributed by atoms with E-state index in [-0.39, 0.29) is 5.75 Å². The van der Waals surface area contributed by atoms with Crippen molar-refractivity contribution in [3.05, 3.63) is 23.0 Å². The Balaban J connectivity index is 2.62. The number of nitrogens with zero attached hydrogens (tertiary/aromatic N) is 4. The second kappa shape index (κ2) is 10.0. The average molecular weight is 392 g/mol. The number of aliphatic imine (C=N–C) groups is 1. The van der Waals surface area contributed by atoms with E-state index in [0.29, 0.717) is 31.1 Å².